The Bertz CT molecular complexity index is 1840. The molecule has 2 aromatic rings. The van der Waals surface area contributed by atoms with E-state index >= 15 is 0 Å². The van der Waals surface area contributed by atoms with E-state index in [-0.39, 0.29) is 44.4 Å². The van der Waals surface area contributed by atoms with Gasteiger partial charge in [0, 0.05) is 31.7 Å². The van der Waals surface area contributed by atoms with E-state index in [9.17, 15) is 38.7 Å². The van der Waals surface area contributed by atoms with Gasteiger partial charge in [-0.25, -0.2) is 9.59 Å². The molecule has 0 aromatic heterocycles. The van der Waals surface area contributed by atoms with Gasteiger partial charge in [-0.15, -0.1) is 0 Å². The fraction of sp³-hybridized carbons (Fsp3) is 0.604. The largest absolute Gasteiger partial charge is 0.480 e. The lowest BCUT2D eigenvalue weighted by atomic mass is 9.86. The molecule has 5 atom stereocenters. The highest BCUT2D eigenvalue weighted by Gasteiger charge is 2.36. The van der Waals surface area contributed by atoms with Gasteiger partial charge in [0.15, 0.2) is 0 Å². The normalized spacial score (nSPS) is 13.9. The van der Waals surface area contributed by atoms with Crippen LogP contribution in [0.1, 0.15) is 131 Å². The summed E-state index contributed by atoms with van der Waals surface area (Å²) < 4.78 is 11.2. The number of unbranched alkanes of at least 4 members (excludes halogenated alkanes) is 2. The number of carboxylic acid groups (broad SMARTS) is 1. The summed E-state index contributed by atoms with van der Waals surface area (Å²) in [4.78, 5) is 91.3. The number of carbonyl (C=O) groups excluding carboxylic acids is 6. The number of aryl methyl sites for hydroxylation is 1. The van der Waals surface area contributed by atoms with Crippen molar-refractivity contribution in [3.63, 3.8) is 0 Å². The SMILES string of the molecule is CCCCc1ccc(-c2ccc(C(=O)NCCC(=O)NC(CCCCNC(=O)OC(C)(C)C)C(=O)NC(C(=O)NC(C)C(=O)NC(C(=O)O)C(C)(C)C)C(C)OCC(C)C)cc2)cc1. The van der Waals surface area contributed by atoms with E-state index in [1.807, 2.05) is 26.0 Å². The molecule has 0 aliphatic rings. The Balaban J connectivity index is 2.18. The van der Waals surface area contributed by atoms with Crippen molar-refractivity contribution in [3.05, 3.63) is 59.7 Å². The van der Waals surface area contributed by atoms with E-state index < -0.39 is 77.0 Å². The maximum absolute atomic E-state index is 14.0. The van der Waals surface area contributed by atoms with E-state index in [0.717, 1.165) is 30.4 Å². The molecule has 64 heavy (non-hydrogen) atoms. The fourth-order valence-corrected chi connectivity index (χ4v) is 6.34. The minimum absolute atomic E-state index is 0.0250. The lowest BCUT2D eigenvalue weighted by molar-refractivity contribution is -0.145. The van der Waals surface area contributed by atoms with Crippen LogP contribution in [-0.2, 0) is 39.9 Å². The minimum Gasteiger partial charge on any atom is -0.480 e. The Morgan fingerprint density at radius 3 is 1.84 bits per heavy atom. The summed E-state index contributed by atoms with van der Waals surface area (Å²) in [6.45, 7) is 19.6. The summed E-state index contributed by atoms with van der Waals surface area (Å²) in [5, 5.41) is 25.6. The number of benzene rings is 2. The van der Waals surface area contributed by atoms with Crippen molar-refractivity contribution >= 4 is 41.6 Å². The van der Waals surface area contributed by atoms with Gasteiger partial charge >= 0.3 is 12.1 Å². The average molecular weight is 895 g/mol. The van der Waals surface area contributed by atoms with Gasteiger partial charge in [-0.05, 0) is 107 Å². The maximum Gasteiger partial charge on any atom is 0.407 e. The fourth-order valence-electron chi connectivity index (χ4n) is 6.34. The molecule has 0 spiro atoms. The predicted octanol–water partition coefficient (Wildman–Crippen LogP) is 5.66. The molecule has 0 aliphatic carbocycles. The van der Waals surface area contributed by atoms with Crippen LogP contribution in [0.3, 0.4) is 0 Å². The Hall–Kier alpha value is -5.51. The van der Waals surface area contributed by atoms with Crippen molar-refractivity contribution < 1.29 is 48.1 Å². The van der Waals surface area contributed by atoms with Crippen LogP contribution in [0.25, 0.3) is 11.1 Å². The lowest BCUT2D eigenvalue weighted by Gasteiger charge is -2.30. The lowest BCUT2D eigenvalue weighted by Crippen LogP contribution is -2.61. The second-order valence-electron chi connectivity index (χ2n) is 18.7. The smallest absolute Gasteiger partial charge is 0.407 e. The maximum atomic E-state index is 14.0. The number of nitrogens with one attached hydrogen (secondary N) is 6. The van der Waals surface area contributed by atoms with Gasteiger partial charge in [-0.3, -0.25) is 24.0 Å². The number of ether oxygens (including phenoxy) is 2. The molecule has 0 bridgehead atoms. The van der Waals surface area contributed by atoms with Crippen LogP contribution in [0.15, 0.2) is 48.5 Å². The summed E-state index contributed by atoms with van der Waals surface area (Å²) >= 11 is 0. The standard InChI is InChI=1S/C48H74N6O10/c1-12-13-16-33-18-20-34(21-19-33)35-22-24-36(25-23-35)42(57)49-28-26-38(55)52-37(17-14-15-27-50-46(62)64-48(9,10)11)43(58)53-39(32(5)63-29-30(2)3)44(59)51-31(4)41(56)54-40(45(60)61)47(6,7)8/h18-25,30-32,37,39-40H,12-17,26-29H2,1-11H3,(H,49,57)(H,50,62)(H,51,59)(H,52,55)(H,53,58)(H,54,56)(H,60,61). The van der Waals surface area contributed by atoms with Crippen LogP contribution in [0, 0.1) is 11.3 Å². The molecule has 0 heterocycles. The molecule has 2 rings (SSSR count). The van der Waals surface area contributed by atoms with Gasteiger partial charge < -0.3 is 46.5 Å². The Morgan fingerprint density at radius 1 is 0.688 bits per heavy atom. The van der Waals surface area contributed by atoms with Gasteiger partial charge in [0.05, 0.1) is 6.10 Å². The Labute approximate surface area is 379 Å². The van der Waals surface area contributed by atoms with E-state index in [1.54, 1.807) is 60.6 Å². The van der Waals surface area contributed by atoms with Gasteiger partial charge in [-0.1, -0.05) is 84.4 Å². The summed E-state index contributed by atoms with van der Waals surface area (Å²) in [5.41, 5.74) is 2.19. The number of hydrogen-bond donors (Lipinski definition) is 7. The zero-order chi connectivity index (χ0) is 48.2. The molecule has 16 heteroatoms. The monoisotopic (exact) mass is 895 g/mol. The molecule has 356 valence electrons. The van der Waals surface area contributed by atoms with Crippen molar-refractivity contribution in [1.82, 2.24) is 31.9 Å². The molecule has 0 saturated heterocycles. The summed E-state index contributed by atoms with van der Waals surface area (Å²) in [5.74, 6) is -4.27. The number of alkyl carbamates (subject to hydrolysis) is 1. The molecule has 0 radical (unpaired) electrons. The number of hydrogen-bond acceptors (Lipinski definition) is 9. The minimum atomic E-state index is -1.33. The number of aliphatic carboxylic acids is 1. The van der Waals surface area contributed by atoms with Gasteiger partial charge in [0.2, 0.25) is 23.6 Å². The van der Waals surface area contributed by atoms with Gasteiger partial charge in [0.25, 0.3) is 5.91 Å². The van der Waals surface area contributed by atoms with Crippen LogP contribution in [0.4, 0.5) is 4.79 Å². The van der Waals surface area contributed by atoms with Gasteiger partial charge in [-0.2, -0.15) is 0 Å². The zero-order valence-corrected chi connectivity index (χ0v) is 39.8. The van der Waals surface area contributed by atoms with Crippen molar-refractivity contribution in [1.29, 1.82) is 0 Å². The van der Waals surface area contributed by atoms with Crippen LogP contribution >= 0.6 is 0 Å². The van der Waals surface area contributed by atoms with Crippen molar-refractivity contribution in [2.24, 2.45) is 11.3 Å². The number of carbonyl (C=O) groups is 7. The second-order valence-corrected chi connectivity index (χ2v) is 18.7. The molecular weight excluding hydrogens is 821 g/mol. The topological polar surface area (TPSA) is 230 Å². The van der Waals surface area contributed by atoms with Gasteiger partial charge in [0.1, 0.15) is 29.8 Å². The van der Waals surface area contributed by atoms with E-state index in [1.165, 1.54) is 12.5 Å². The van der Waals surface area contributed by atoms with Crippen LogP contribution in [0.5, 0.6) is 0 Å². The molecule has 16 nitrogen and oxygen atoms in total. The molecule has 7 N–H and O–H groups in total. The van der Waals surface area contributed by atoms with E-state index in [2.05, 4.69) is 63.1 Å². The van der Waals surface area contributed by atoms with Crippen molar-refractivity contribution in [2.45, 2.75) is 157 Å². The zero-order valence-electron chi connectivity index (χ0n) is 39.8. The third kappa shape index (κ3) is 20.3. The van der Waals surface area contributed by atoms with E-state index in [4.69, 9.17) is 9.47 Å². The molecule has 2 aromatic carbocycles. The third-order valence-electron chi connectivity index (χ3n) is 10.0. The number of carboxylic acids is 1. The average Bonchev–Trinajstić information content (AvgIpc) is 3.21. The first-order valence-electron chi connectivity index (χ1n) is 22.4. The summed E-state index contributed by atoms with van der Waals surface area (Å²) in [6.07, 6.45) is 2.57. The quantitative estimate of drug-likeness (QED) is 0.0605. The van der Waals surface area contributed by atoms with Crippen LogP contribution in [0.2, 0.25) is 0 Å². The number of amides is 6. The van der Waals surface area contributed by atoms with Crippen LogP contribution in [-0.4, -0.2) is 102 Å². The highest BCUT2D eigenvalue weighted by Crippen LogP contribution is 2.22. The first-order chi connectivity index (χ1) is 29.9. The molecule has 0 fully saturated rings. The Kier molecular flexibility index (Phi) is 22.5. The van der Waals surface area contributed by atoms with Crippen molar-refractivity contribution in [3.8, 4) is 11.1 Å². The molecule has 6 amide bonds. The second kappa shape index (κ2) is 26.3. The molecule has 0 saturated carbocycles. The predicted molar refractivity (Wildman–Crippen MR) is 246 cm³/mol. The van der Waals surface area contributed by atoms with E-state index in [0.29, 0.717) is 18.4 Å². The third-order valence-corrected chi connectivity index (χ3v) is 10.0. The number of rotatable bonds is 25. The molecule has 0 aliphatic heterocycles. The molecular formula is C48H74N6O10. The first-order valence-corrected chi connectivity index (χ1v) is 22.4. The highest BCUT2D eigenvalue weighted by atomic mass is 16.6. The highest BCUT2D eigenvalue weighted by molar-refractivity contribution is 5.96. The summed E-state index contributed by atoms with van der Waals surface area (Å²) in [6, 6.07) is 10.6. The van der Waals surface area contributed by atoms with Crippen LogP contribution < -0.4 is 31.9 Å². The molecule has 5 unspecified atom stereocenters. The summed E-state index contributed by atoms with van der Waals surface area (Å²) in [7, 11) is 0. The first kappa shape index (κ1) is 54.6. The Morgan fingerprint density at radius 2 is 1.30 bits per heavy atom. The van der Waals surface area contributed by atoms with Crippen molar-refractivity contribution in [2.75, 3.05) is 19.7 Å².